The number of hydrogen-bond acceptors (Lipinski definition) is 6. The molecule has 1 aliphatic rings. The molecule has 218 valence electrons. The van der Waals surface area contributed by atoms with Gasteiger partial charge in [-0.25, -0.2) is 12.8 Å². The van der Waals surface area contributed by atoms with E-state index in [0.29, 0.717) is 25.3 Å². The Morgan fingerprint density at radius 1 is 0.951 bits per heavy atom. The Kier molecular flexibility index (Phi) is 9.49. The first-order valence-electron chi connectivity index (χ1n) is 13.4. The molecule has 0 aromatic heterocycles. The predicted molar refractivity (Wildman–Crippen MR) is 153 cm³/mol. The van der Waals surface area contributed by atoms with E-state index < -0.39 is 34.3 Å². The van der Waals surface area contributed by atoms with Gasteiger partial charge in [0.1, 0.15) is 31.6 Å². The SMILES string of the molecule is CCNC(=O)[C@@H](CC)N(Cc1ccc(C)cc1)C(=O)CN(c1ccc(F)cc1)S(=O)(=O)c1ccc2c(c1)OCCO2. The monoisotopic (exact) mass is 583 g/mol. The summed E-state index contributed by atoms with van der Waals surface area (Å²) in [4.78, 5) is 28.3. The minimum Gasteiger partial charge on any atom is -0.486 e. The van der Waals surface area contributed by atoms with Crippen molar-refractivity contribution < 1.29 is 31.9 Å². The van der Waals surface area contributed by atoms with Crippen molar-refractivity contribution in [1.29, 1.82) is 0 Å². The van der Waals surface area contributed by atoms with Gasteiger partial charge in [0.25, 0.3) is 10.0 Å². The molecule has 0 aliphatic carbocycles. The Hall–Kier alpha value is -4.12. The zero-order valence-electron chi connectivity index (χ0n) is 23.3. The molecule has 0 unspecified atom stereocenters. The number of carbonyl (C=O) groups is 2. The van der Waals surface area contributed by atoms with Gasteiger partial charge < -0.3 is 19.7 Å². The van der Waals surface area contributed by atoms with Gasteiger partial charge in [-0.05, 0) is 62.2 Å². The summed E-state index contributed by atoms with van der Waals surface area (Å²) in [7, 11) is -4.34. The van der Waals surface area contributed by atoms with Crippen molar-refractivity contribution in [3.8, 4) is 11.5 Å². The van der Waals surface area contributed by atoms with Crippen molar-refractivity contribution in [1.82, 2.24) is 10.2 Å². The number of carbonyl (C=O) groups excluding carboxylic acids is 2. The summed E-state index contributed by atoms with van der Waals surface area (Å²) in [5.74, 6) is -0.796. The minimum absolute atomic E-state index is 0.0933. The fourth-order valence-electron chi connectivity index (χ4n) is 4.55. The number of nitrogens with zero attached hydrogens (tertiary/aromatic N) is 2. The molecule has 9 nitrogen and oxygen atoms in total. The average molecular weight is 584 g/mol. The highest BCUT2D eigenvalue weighted by Gasteiger charge is 2.34. The number of benzene rings is 3. The zero-order chi connectivity index (χ0) is 29.6. The molecule has 1 N–H and O–H groups in total. The standard InChI is InChI=1S/C30H34FN3O6S/c1-4-26(30(36)32-5-2)33(19-22-8-6-21(3)7-9-22)29(35)20-34(24-12-10-23(31)11-13-24)41(37,38)25-14-15-27-28(18-25)40-17-16-39-27/h6-15,18,26H,4-5,16-17,19-20H2,1-3H3,(H,32,36)/t26-/m1/s1. The number of sulfonamides is 1. The Bertz CT molecular complexity index is 1480. The molecule has 4 rings (SSSR count). The second kappa shape index (κ2) is 13.0. The van der Waals surface area contributed by atoms with Crippen molar-refractivity contribution in [3.63, 3.8) is 0 Å². The van der Waals surface area contributed by atoms with E-state index in [1.807, 2.05) is 31.2 Å². The quantitative estimate of drug-likeness (QED) is 0.365. The summed E-state index contributed by atoms with van der Waals surface area (Å²) in [6.45, 7) is 5.98. The molecule has 0 radical (unpaired) electrons. The molecule has 1 aliphatic heterocycles. The summed E-state index contributed by atoms with van der Waals surface area (Å²) in [6, 6.07) is 15.8. The highest BCUT2D eigenvalue weighted by Crippen LogP contribution is 2.34. The second-order valence-corrected chi connectivity index (χ2v) is 11.5. The fraction of sp³-hybridized carbons (Fsp3) is 0.333. The number of ether oxygens (including phenoxy) is 2. The normalized spacial score (nSPS) is 13.3. The van der Waals surface area contributed by atoms with Gasteiger partial charge in [0, 0.05) is 19.2 Å². The van der Waals surface area contributed by atoms with E-state index in [9.17, 15) is 22.4 Å². The number of halogens is 1. The van der Waals surface area contributed by atoms with Crippen LogP contribution in [0.3, 0.4) is 0 Å². The first kappa shape index (κ1) is 29.9. The highest BCUT2D eigenvalue weighted by molar-refractivity contribution is 7.92. The lowest BCUT2D eigenvalue weighted by Crippen LogP contribution is -2.52. The van der Waals surface area contributed by atoms with Crippen LogP contribution in [-0.2, 0) is 26.2 Å². The molecule has 0 bridgehead atoms. The van der Waals surface area contributed by atoms with Crippen LogP contribution in [0.5, 0.6) is 11.5 Å². The third-order valence-corrected chi connectivity index (χ3v) is 8.48. The third-order valence-electron chi connectivity index (χ3n) is 6.71. The number of rotatable bonds is 11. The zero-order valence-corrected chi connectivity index (χ0v) is 24.1. The molecular formula is C30H34FN3O6S. The van der Waals surface area contributed by atoms with E-state index in [0.717, 1.165) is 27.6 Å². The van der Waals surface area contributed by atoms with Gasteiger partial charge in [0.05, 0.1) is 10.6 Å². The van der Waals surface area contributed by atoms with Gasteiger partial charge >= 0.3 is 0 Å². The van der Waals surface area contributed by atoms with Crippen LogP contribution in [0.4, 0.5) is 10.1 Å². The lowest BCUT2D eigenvalue weighted by Gasteiger charge is -2.33. The Labute approximate surface area is 239 Å². The molecule has 1 heterocycles. The van der Waals surface area contributed by atoms with E-state index in [1.165, 1.54) is 35.2 Å². The summed E-state index contributed by atoms with van der Waals surface area (Å²) >= 11 is 0. The fourth-order valence-corrected chi connectivity index (χ4v) is 5.98. The van der Waals surface area contributed by atoms with Crippen LogP contribution < -0.4 is 19.1 Å². The van der Waals surface area contributed by atoms with Crippen molar-refractivity contribution in [2.75, 3.05) is 30.6 Å². The van der Waals surface area contributed by atoms with Crippen LogP contribution in [0.2, 0.25) is 0 Å². The van der Waals surface area contributed by atoms with E-state index in [1.54, 1.807) is 13.8 Å². The molecule has 0 saturated carbocycles. The predicted octanol–water partition coefficient (Wildman–Crippen LogP) is 4.04. The first-order chi connectivity index (χ1) is 19.6. The smallest absolute Gasteiger partial charge is 0.264 e. The van der Waals surface area contributed by atoms with Crippen LogP contribution in [0.1, 0.15) is 31.4 Å². The average Bonchev–Trinajstić information content (AvgIpc) is 2.97. The third kappa shape index (κ3) is 6.97. The van der Waals surface area contributed by atoms with Crippen molar-refractivity contribution in [2.45, 2.75) is 44.7 Å². The summed E-state index contributed by atoms with van der Waals surface area (Å²) in [6.07, 6.45) is 0.314. The molecular weight excluding hydrogens is 549 g/mol. The van der Waals surface area contributed by atoms with Crippen molar-refractivity contribution in [2.24, 2.45) is 0 Å². The molecule has 3 aromatic carbocycles. The van der Waals surface area contributed by atoms with E-state index in [-0.39, 0.29) is 35.4 Å². The largest absolute Gasteiger partial charge is 0.486 e. The molecule has 0 saturated heterocycles. The molecule has 0 spiro atoms. The van der Waals surface area contributed by atoms with Gasteiger partial charge in [-0.15, -0.1) is 0 Å². The van der Waals surface area contributed by atoms with Crippen LogP contribution in [0, 0.1) is 12.7 Å². The van der Waals surface area contributed by atoms with E-state index >= 15 is 0 Å². The van der Waals surface area contributed by atoms with Crippen molar-refractivity contribution in [3.05, 3.63) is 83.7 Å². The first-order valence-corrected chi connectivity index (χ1v) is 14.9. The lowest BCUT2D eigenvalue weighted by molar-refractivity contribution is -0.140. The summed E-state index contributed by atoms with van der Waals surface area (Å²) in [5.41, 5.74) is 1.92. The van der Waals surface area contributed by atoms with Gasteiger partial charge in [-0.3, -0.25) is 13.9 Å². The molecule has 11 heteroatoms. The van der Waals surface area contributed by atoms with E-state index in [2.05, 4.69) is 5.32 Å². The number of likely N-dealkylation sites (N-methyl/N-ethyl adjacent to an activating group) is 1. The number of fused-ring (bicyclic) bond motifs is 1. The Balaban J connectivity index is 1.74. The van der Waals surface area contributed by atoms with Crippen LogP contribution in [-0.4, -0.2) is 57.5 Å². The highest BCUT2D eigenvalue weighted by atomic mass is 32.2. The van der Waals surface area contributed by atoms with Gasteiger partial charge in [-0.1, -0.05) is 36.8 Å². The number of hydrogen-bond donors (Lipinski definition) is 1. The Morgan fingerprint density at radius 3 is 2.24 bits per heavy atom. The number of nitrogens with one attached hydrogen (secondary N) is 1. The van der Waals surface area contributed by atoms with E-state index in [4.69, 9.17) is 9.47 Å². The maximum atomic E-state index is 14.0. The second-order valence-electron chi connectivity index (χ2n) is 9.62. The van der Waals surface area contributed by atoms with Crippen LogP contribution >= 0.6 is 0 Å². The van der Waals surface area contributed by atoms with Crippen LogP contribution in [0.15, 0.2) is 71.6 Å². The molecule has 3 aromatic rings. The van der Waals surface area contributed by atoms with Crippen molar-refractivity contribution >= 4 is 27.5 Å². The molecule has 41 heavy (non-hydrogen) atoms. The van der Waals surface area contributed by atoms with Gasteiger partial charge in [0.2, 0.25) is 11.8 Å². The van der Waals surface area contributed by atoms with Crippen LogP contribution in [0.25, 0.3) is 0 Å². The number of anilines is 1. The topological polar surface area (TPSA) is 105 Å². The summed E-state index contributed by atoms with van der Waals surface area (Å²) in [5, 5.41) is 2.77. The van der Waals surface area contributed by atoms with Gasteiger partial charge in [-0.2, -0.15) is 0 Å². The molecule has 1 atom stereocenters. The molecule has 0 fully saturated rings. The maximum Gasteiger partial charge on any atom is 0.264 e. The lowest BCUT2D eigenvalue weighted by atomic mass is 10.1. The minimum atomic E-state index is -4.34. The number of amides is 2. The molecule has 2 amide bonds. The van der Waals surface area contributed by atoms with Gasteiger partial charge in [0.15, 0.2) is 11.5 Å². The Morgan fingerprint density at radius 2 is 1.61 bits per heavy atom. The summed E-state index contributed by atoms with van der Waals surface area (Å²) < 4.78 is 53.9. The maximum absolute atomic E-state index is 14.0. The number of aryl methyl sites for hydroxylation is 1.